The second-order valence-corrected chi connectivity index (χ2v) is 9.74. The summed E-state index contributed by atoms with van der Waals surface area (Å²) < 4.78 is 18.7. The minimum atomic E-state index is -0.145. The molecule has 0 spiro atoms. The SMILES string of the molecule is COCCn1c(SCC(=O)N[C@@H](c2ccc3c(c2)OCCO3)C(C)C)nnc1-c1cccc(C)c1. The lowest BCUT2D eigenvalue weighted by Gasteiger charge is -2.25. The minimum Gasteiger partial charge on any atom is -0.486 e. The summed E-state index contributed by atoms with van der Waals surface area (Å²) in [6.07, 6.45) is 0. The van der Waals surface area contributed by atoms with Crippen LogP contribution in [0.4, 0.5) is 0 Å². The Bertz CT molecular complexity index is 1160. The summed E-state index contributed by atoms with van der Waals surface area (Å²) in [5.41, 5.74) is 3.13. The molecule has 8 nitrogen and oxygen atoms in total. The Kier molecular flexibility index (Phi) is 8.30. The molecule has 9 heteroatoms. The van der Waals surface area contributed by atoms with Crippen molar-refractivity contribution in [1.29, 1.82) is 0 Å². The standard InChI is InChI=1S/C26H32N4O4S/c1-17(2)24(19-8-9-21-22(15-19)34-13-12-33-21)27-23(31)16-35-26-29-28-25(30(26)10-11-32-4)20-7-5-6-18(3)14-20/h5-9,14-15,17,24H,10-13,16H2,1-4H3,(H,27,31)/t24-/m1/s1. The molecule has 0 bridgehead atoms. The number of hydrogen-bond donors (Lipinski definition) is 1. The van der Waals surface area contributed by atoms with Gasteiger partial charge in [0.1, 0.15) is 13.2 Å². The number of carbonyl (C=O) groups excluding carboxylic acids is 1. The molecule has 1 atom stereocenters. The number of hydrogen-bond acceptors (Lipinski definition) is 7. The maximum atomic E-state index is 13.0. The Hall–Kier alpha value is -3.04. The molecule has 4 rings (SSSR count). The van der Waals surface area contributed by atoms with Gasteiger partial charge in [-0.1, -0.05) is 55.4 Å². The Morgan fingerprint density at radius 2 is 1.94 bits per heavy atom. The highest BCUT2D eigenvalue weighted by Gasteiger charge is 2.22. The predicted octanol–water partition coefficient (Wildman–Crippen LogP) is 4.28. The minimum absolute atomic E-state index is 0.0676. The van der Waals surface area contributed by atoms with Crippen molar-refractivity contribution in [3.8, 4) is 22.9 Å². The first-order valence-corrected chi connectivity index (χ1v) is 12.8. The van der Waals surface area contributed by atoms with Crippen LogP contribution in [-0.4, -0.2) is 53.4 Å². The van der Waals surface area contributed by atoms with Gasteiger partial charge < -0.3 is 19.5 Å². The van der Waals surface area contributed by atoms with E-state index in [2.05, 4.69) is 35.4 Å². The van der Waals surface area contributed by atoms with Gasteiger partial charge in [-0.05, 0) is 36.6 Å². The van der Waals surface area contributed by atoms with Crippen molar-refractivity contribution in [2.24, 2.45) is 5.92 Å². The second kappa shape index (κ2) is 11.6. The summed E-state index contributed by atoms with van der Waals surface area (Å²) in [6.45, 7) is 8.42. The van der Waals surface area contributed by atoms with Gasteiger partial charge in [-0.25, -0.2) is 0 Å². The zero-order valence-corrected chi connectivity index (χ0v) is 21.4. The monoisotopic (exact) mass is 496 g/mol. The second-order valence-electron chi connectivity index (χ2n) is 8.80. The largest absolute Gasteiger partial charge is 0.486 e. The van der Waals surface area contributed by atoms with E-state index in [1.807, 2.05) is 47.9 Å². The van der Waals surface area contributed by atoms with Gasteiger partial charge in [0.25, 0.3) is 0 Å². The first kappa shape index (κ1) is 25.1. The van der Waals surface area contributed by atoms with Crippen molar-refractivity contribution >= 4 is 17.7 Å². The van der Waals surface area contributed by atoms with Crippen LogP contribution in [0, 0.1) is 12.8 Å². The number of thioether (sulfide) groups is 1. The third-order valence-corrected chi connectivity index (χ3v) is 6.72. The van der Waals surface area contributed by atoms with Crippen LogP contribution in [-0.2, 0) is 16.1 Å². The van der Waals surface area contributed by atoms with Crippen LogP contribution in [0.5, 0.6) is 11.5 Å². The molecular formula is C26H32N4O4S. The Morgan fingerprint density at radius 3 is 2.69 bits per heavy atom. The van der Waals surface area contributed by atoms with Gasteiger partial charge in [0.15, 0.2) is 22.5 Å². The van der Waals surface area contributed by atoms with Crippen molar-refractivity contribution in [2.75, 3.05) is 32.7 Å². The van der Waals surface area contributed by atoms with Gasteiger partial charge >= 0.3 is 0 Å². The summed E-state index contributed by atoms with van der Waals surface area (Å²) >= 11 is 1.37. The summed E-state index contributed by atoms with van der Waals surface area (Å²) in [5, 5.41) is 12.7. The molecule has 1 aromatic heterocycles. The molecule has 0 saturated heterocycles. The maximum Gasteiger partial charge on any atom is 0.230 e. The zero-order valence-electron chi connectivity index (χ0n) is 20.6. The maximum absolute atomic E-state index is 13.0. The number of nitrogens with one attached hydrogen (secondary N) is 1. The summed E-state index contributed by atoms with van der Waals surface area (Å²) in [6, 6.07) is 13.9. The lowest BCUT2D eigenvalue weighted by molar-refractivity contribution is -0.119. The number of ether oxygens (including phenoxy) is 3. The number of methoxy groups -OCH3 is 1. The molecule has 35 heavy (non-hydrogen) atoms. The number of carbonyl (C=O) groups is 1. The molecule has 2 heterocycles. The molecule has 1 aliphatic rings. The number of rotatable bonds is 10. The van der Waals surface area contributed by atoms with Crippen LogP contribution in [0.25, 0.3) is 11.4 Å². The van der Waals surface area contributed by atoms with E-state index in [-0.39, 0.29) is 23.6 Å². The van der Waals surface area contributed by atoms with E-state index in [4.69, 9.17) is 14.2 Å². The molecule has 1 amide bonds. The smallest absolute Gasteiger partial charge is 0.230 e. The van der Waals surface area contributed by atoms with Crippen molar-refractivity contribution in [3.05, 3.63) is 53.6 Å². The number of fused-ring (bicyclic) bond motifs is 1. The number of benzene rings is 2. The van der Waals surface area contributed by atoms with Crippen molar-refractivity contribution in [3.63, 3.8) is 0 Å². The Labute approximate surface area is 210 Å². The topological polar surface area (TPSA) is 87.5 Å². The molecule has 3 aromatic rings. The first-order valence-electron chi connectivity index (χ1n) is 11.8. The average Bonchev–Trinajstić information content (AvgIpc) is 3.27. The molecule has 1 N–H and O–H groups in total. The van der Waals surface area contributed by atoms with E-state index >= 15 is 0 Å². The van der Waals surface area contributed by atoms with Crippen molar-refractivity contribution < 1.29 is 19.0 Å². The lowest BCUT2D eigenvalue weighted by atomic mass is 9.95. The third-order valence-electron chi connectivity index (χ3n) is 5.75. The van der Waals surface area contributed by atoms with Crippen LogP contribution >= 0.6 is 11.8 Å². The van der Waals surface area contributed by atoms with Gasteiger partial charge in [0, 0.05) is 12.7 Å². The van der Waals surface area contributed by atoms with Crippen LogP contribution in [0.3, 0.4) is 0 Å². The van der Waals surface area contributed by atoms with E-state index < -0.39 is 0 Å². The first-order chi connectivity index (χ1) is 17.0. The third kappa shape index (κ3) is 6.15. The fourth-order valence-electron chi connectivity index (χ4n) is 4.01. The van der Waals surface area contributed by atoms with Gasteiger partial charge in [-0.3, -0.25) is 9.36 Å². The summed E-state index contributed by atoms with van der Waals surface area (Å²) in [5.74, 6) is 2.59. The fraction of sp³-hybridized carbons (Fsp3) is 0.423. The van der Waals surface area contributed by atoms with E-state index in [0.29, 0.717) is 31.5 Å². The van der Waals surface area contributed by atoms with Crippen LogP contribution < -0.4 is 14.8 Å². The van der Waals surface area contributed by atoms with Crippen LogP contribution in [0.1, 0.15) is 31.0 Å². The Morgan fingerprint density at radius 1 is 1.14 bits per heavy atom. The molecule has 0 fully saturated rings. The van der Waals surface area contributed by atoms with E-state index in [1.165, 1.54) is 11.8 Å². The molecule has 0 aliphatic carbocycles. The molecule has 2 aromatic carbocycles. The highest BCUT2D eigenvalue weighted by Crippen LogP contribution is 2.34. The number of aryl methyl sites for hydroxylation is 1. The van der Waals surface area contributed by atoms with Gasteiger partial charge in [-0.15, -0.1) is 10.2 Å². The summed E-state index contributed by atoms with van der Waals surface area (Å²) in [7, 11) is 1.67. The quantitative estimate of drug-likeness (QED) is 0.419. The zero-order chi connectivity index (χ0) is 24.8. The highest BCUT2D eigenvalue weighted by molar-refractivity contribution is 7.99. The molecule has 0 saturated carbocycles. The molecule has 0 unspecified atom stereocenters. The fourth-order valence-corrected chi connectivity index (χ4v) is 4.79. The lowest BCUT2D eigenvalue weighted by Crippen LogP contribution is -2.33. The van der Waals surface area contributed by atoms with Crippen molar-refractivity contribution in [1.82, 2.24) is 20.1 Å². The molecule has 0 radical (unpaired) electrons. The predicted molar refractivity (Wildman–Crippen MR) is 136 cm³/mol. The average molecular weight is 497 g/mol. The number of amides is 1. The molecular weight excluding hydrogens is 464 g/mol. The number of aromatic nitrogens is 3. The highest BCUT2D eigenvalue weighted by atomic mass is 32.2. The molecule has 186 valence electrons. The van der Waals surface area contributed by atoms with E-state index in [1.54, 1.807) is 7.11 Å². The van der Waals surface area contributed by atoms with Gasteiger partial charge in [0.2, 0.25) is 5.91 Å². The molecule has 1 aliphatic heterocycles. The Balaban J connectivity index is 1.46. The number of nitrogens with zero attached hydrogens (tertiary/aromatic N) is 3. The van der Waals surface area contributed by atoms with Gasteiger partial charge in [0.05, 0.1) is 24.9 Å². The van der Waals surface area contributed by atoms with E-state index in [0.717, 1.165) is 34.0 Å². The van der Waals surface area contributed by atoms with E-state index in [9.17, 15) is 4.79 Å². The summed E-state index contributed by atoms with van der Waals surface area (Å²) in [4.78, 5) is 13.0. The normalized spacial score (nSPS) is 13.6. The van der Waals surface area contributed by atoms with Gasteiger partial charge in [-0.2, -0.15) is 0 Å². The van der Waals surface area contributed by atoms with Crippen LogP contribution in [0.2, 0.25) is 0 Å². The van der Waals surface area contributed by atoms with Crippen molar-refractivity contribution in [2.45, 2.75) is 38.5 Å². The van der Waals surface area contributed by atoms with Crippen LogP contribution in [0.15, 0.2) is 47.6 Å².